The van der Waals surface area contributed by atoms with Gasteiger partial charge in [0.1, 0.15) is 0 Å². The van der Waals surface area contributed by atoms with Gasteiger partial charge in [-0.25, -0.2) is 8.78 Å². The van der Waals surface area contributed by atoms with E-state index in [0.29, 0.717) is 45.6 Å². The molecule has 2 aliphatic heterocycles. The smallest absolute Gasteiger partial charge is 0.304 e. The first kappa shape index (κ1) is 20.6. The zero-order valence-electron chi connectivity index (χ0n) is 16.1. The first-order chi connectivity index (χ1) is 14.3. The van der Waals surface area contributed by atoms with Gasteiger partial charge in [-0.05, 0) is 49.9 Å². The van der Waals surface area contributed by atoms with Crippen molar-refractivity contribution in [1.82, 2.24) is 20.0 Å². The zero-order valence-corrected chi connectivity index (χ0v) is 16.1. The van der Waals surface area contributed by atoms with Crippen LogP contribution in [0, 0.1) is 23.1 Å². The van der Waals surface area contributed by atoms with Gasteiger partial charge in [0.05, 0.1) is 23.5 Å². The quantitative estimate of drug-likeness (QED) is 0.598. The van der Waals surface area contributed by atoms with Crippen LogP contribution in [0.25, 0.3) is 0 Å². The predicted octanol–water partition coefficient (Wildman–Crippen LogP) is 3.93. The molecule has 10 heteroatoms. The number of aromatic amines is 1. The van der Waals surface area contributed by atoms with Gasteiger partial charge in [-0.1, -0.05) is 6.07 Å². The Hall–Kier alpha value is -2.67. The molecule has 1 fully saturated rings. The Morgan fingerprint density at radius 2 is 1.90 bits per heavy atom. The van der Waals surface area contributed by atoms with Gasteiger partial charge in [-0.2, -0.15) is 23.5 Å². The molecule has 160 valence electrons. The molecule has 0 saturated carbocycles. The monoisotopic (exact) mass is 425 g/mol. The summed E-state index contributed by atoms with van der Waals surface area (Å²) < 4.78 is 67.3. The molecule has 0 amide bonds. The number of halogens is 5. The molecule has 5 nitrogen and oxygen atoms in total. The van der Waals surface area contributed by atoms with Crippen LogP contribution >= 0.6 is 0 Å². The van der Waals surface area contributed by atoms with Crippen molar-refractivity contribution in [2.24, 2.45) is 0 Å². The highest BCUT2D eigenvalue weighted by Gasteiger charge is 2.40. The minimum absolute atomic E-state index is 0.171. The summed E-state index contributed by atoms with van der Waals surface area (Å²) in [5, 5.41) is 16.4. The van der Waals surface area contributed by atoms with E-state index in [0.717, 1.165) is 35.5 Å². The van der Waals surface area contributed by atoms with Gasteiger partial charge in [0.25, 0.3) is 0 Å². The summed E-state index contributed by atoms with van der Waals surface area (Å²) in [6, 6.07) is 1.83. The molecule has 1 saturated heterocycles. The summed E-state index contributed by atoms with van der Waals surface area (Å²) in [5.74, 6) is -3.79. The van der Waals surface area contributed by atoms with Crippen LogP contribution in [-0.2, 0) is 25.7 Å². The van der Waals surface area contributed by atoms with Crippen LogP contribution in [0.1, 0.15) is 46.8 Å². The van der Waals surface area contributed by atoms with Gasteiger partial charge >= 0.3 is 6.18 Å². The van der Waals surface area contributed by atoms with Crippen molar-refractivity contribution in [3.8, 4) is 6.19 Å². The summed E-state index contributed by atoms with van der Waals surface area (Å²) in [4.78, 5) is 3.76. The second-order valence-electron chi connectivity index (χ2n) is 7.77. The van der Waals surface area contributed by atoms with E-state index in [1.165, 1.54) is 0 Å². The van der Waals surface area contributed by atoms with Gasteiger partial charge in [0, 0.05) is 18.7 Å². The number of aromatic nitrogens is 2. The Balaban J connectivity index is 1.44. The molecule has 3 heterocycles. The summed E-state index contributed by atoms with van der Waals surface area (Å²) in [7, 11) is 0. The van der Waals surface area contributed by atoms with Crippen molar-refractivity contribution in [2.45, 2.75) is 44.4 Å². The van der Waals surface area contributed by atoms with Crippen molar-refractivity contribution in [2.75, 3.05) is 19.6 Å². The normalized spacial score (nSPS) is 18.3. The van der Waals surface area contributed by atoms with E-state index in [9.17, 15) is 22.0 Å². The van der Waals surface area contributed by atoms with Crippen LogP contribution in [0.5, 0.6) is 0 Å². The topological polar surface area (TPSA) is 59.0 Å². The maximum absolute atomic E-state index is 13.9. The van der Waals surface area contributed by atoms with Gasteiger partial charge < -0.3 is 4.90 Å². The number of benzene rings is 1. The third-order valence-electron chi connectivity index (χ3n) is 5.97. The van der Waals surface area contributed by atoms with Crippen LogP contribution in [0.15, 0.2) is 12.1 Å². The van der Waals surface area contributed by atoms with E-state index < -0.39 is 29.3 Å². The summed E-state index contributed by atoms with van der Waals surface area (Å²) in [6.45, 7) is 2.76. The number of nitrogens with one attached hydrogen (secondary N) is 1. The summed E-state index contributed by atoms with van der Waals surface area (Å²) in [6.07, 6.45) is -1.26. The minimum atomic E-state index is -4.94. The predicted molar refractivity (Wildman–Crippen MR) is 96.9 cm³/mol. The molecule has 30 heavy (non-hydrogen) atoms. The fourth-order valence-corrected chi connectivity index (χ4v) is 4.41. The van der Waals surface area contributed by atoms with Crippen molar-refractivity contribution in [3.05, 3.63) is 51.8 Å². The van der Waals surface area contributed by atoms with Crippen LogP contribution in [-0.4, -0.2) is 39.6 Å². The third kappa shape index (κ3) is 3.86. The lowest BCUT2D eigenvalue weighted by Crippen LogP contribution is -2.34. The number of hydrogen-bond acceptors (Lipinski definition) is 4. The number of nitriles is 1. The molecule has 0 aliphatic carbocycles. The number of H-pyrrole nitrogens is 1. The highest BCUT2D eigenvalue weighted by Crippen LogP contribution is 2.41. The molecule has 1 N–H and O–H groups in total. The van der Waals surface area contributed by atoms with Crippen molar-refractivity contribution in [1.29, 1.82) is 5.26 Å². The van der Waals surface area contributed by atoms with E-state index in [2.05, 4.69) is 21.3 Å². The van der Waals surface area contributed by atoms with Crippen molar-refractivity contribution >= 4 is 0 Å². The molecule has 2 aromatic rings. The molecule has 4 rings (SSSR count). The lowest BCUT2D eigenvalue weighted by Gasteiger charge is -2.33. The van der Waals surface area contributed by atoms with E-state index in [-0.39, 0.29) is 5.56 Å². The van der Waals surface area contributed by atoms with Gasteiger partial charge in [-0.15, -0.1) is 0 Å². The van der Waals surface area contributed by atoms with Crippen LogP contribution in [0.3, 0.4) is 0 Å². The maximum atomic E-state index is 13.9. The average molecular weight is 425 g/mol. The number of likely N-dealkylation sites (tertiary alicyclic amines) is 1. The molecular weight excluding hydrogens is 405 g/mol. The SMILES string of the molecule is N#CN1CCc2c(CN3CCC(c4ccc(F)c(F)c4C(F)(F)F)CC3)n[nH]c2C1. The standard InChI is InChI=1S/C20H20F5N5/c21-15-2-1-13(18(19(15)22)20(23,24)25)12-3-6-29(7-4-12)9-16-14-5-8-30(11-26)10-17(14)28-27-16/h1-2,12H,3-10H2,(H,27,28). The molecule has 0 bridgehead atoms. The van der Waals surface area contributed by atoms with Crippen LogP contribution in [0.4, 0.5) is 22.0 Å². The fraction of sp³-hybridized carbons (Fsp3) is 0.500. The van der Waals surface area contributed by atoms with Gasteiger partial charge in [0.2, 0.25) is 0 Å². The molecule has 0 unspecified atom stereocenters. The number of hydrogen-bond donors (Lipinski definition) is 1. The Kier molecular flexibility index (Phi) is 5.40. The van der Waals surface area contributed by atoms with Crippen molar-refractivity contribution in [3.63, 3.8) is 0 Å². The Bertz CT molecular complexity index is 969. The summed E-state index contributed by atoms with van der Waals surface area (Å²) >= 11 is 0. The molecule has 0 atom stereocenters. The fourth-order valence-electron chi connectivity index (χ4n) is 4.41. The molecule has 0 radical (unpaired) electrons. The molecule has 1 aromatic heterocycles. The van der Waals surface area contributed by atoms with E-state index >= 15 is 0 Å². The average Bonchev–Trinajstić information content (AvgIpc) is 3.11. The number of rotatable bonds is 3. The highest BCUT2D eigenvalue weighted by molar-refractivity contribution is 5.35. The lowest BCUT2D eigenvalue weighted by molar-refractivity contribution is -0.141. The Morgan fingerprint density at radius 3 is 2.57 bits per heavy atom. The number of piperidine rings is 1. The second kappa shape index (κ2) is 7.87. The second-order valence-corrected chi connectivity index (χ2v) is 7.77. The maximum Gasteiger partial charge on any atom is 0.419 e. The molecule has 2 aliphatic rings. The molecule has 0 spiro atoms. The first-order valence-corrected chi connectivity index (χ1v) is 9.75. The highest BCUT2D eigenvalue weighted by atomic mass is 19.4. The Labute approximate surface area is 170 Å². The van der Waals surface area contributed by atoms with Crippen LogP contribution in [0.2, 0.25) is 0 Å². The van der Waals surface area contributed by atoms with Crippen LogP contribution < -0.4 is 0 Å². The lowest BCUT2D eigenvalue weighted by atomic mass is 9.86. The third-order valence-corrected chi connectivity index (χ3v) is 5.97. The van der Waals surface area contributed by atoms with E-state index in [4.69, 9.17) is 5.26 Å². The zero-order chi connectivity index (χ0) is 21.5. The molecule has 1 aromatic carbocycles. The number of fused-ring (bicyclic) bond motifs is 1. The van der Waals surface area contributed by atoms with Gasteiger partial charge in [0.15, 0.2) is 17.8 Å². The number of alkyl halides is 3. The van der Waals surface area contributed by atoms with Crippen molar-refractivity contribution < 1.29 is 22.0 Å². The van der Waals surface area contributed by atoms with E-state index in [1.54, 1.807) is 4.90 Å². The Morgan fingerprint density at radius 1 is 1.17 bits per heavy atom. The summed E-state index contributed by atoms with van der Waals surface area (Å²) in [5.41, 5.74) is 1.26. The van der Waals surface area contributed by atoms with Gasteiger partial charge in [-0.3, -0.25) is 10.00 Å². The molecular formula is C20H20F5N5. The van der Waals surface area contributed by atoms with E-state index in [1.807, 2.05) is 0 Å². The first-order valence-electron chi connectivity index (χ1n) is 9.75. The largest absolute Gasteiger partial charge is 0.419 e. The number of nitrogens with zero attached hydrogens (tertiary/aromatic N) is 4. The minimum Gasteiger partial charge on any atom is -0.304 e.